The van der Waals surface area contributed by atoms with Gasteiger partial charge in [0, 0.05) is 16.9 Å². The summed E-state index contributed by atoms with van der Waals surface area (Å²) in [6.45, 7) is 2.56. The van der Waals surface area contributed by atoms with Crippen LogP contribution in [-0.4, -0.2) is 23.0 Å². The summed E-state index contributed by atoms with van der Waals surface area (Å²) in [6, 6.07) is 1.94. The number of nitrogens with two attached hydrogens (primary N) is 1. The zero-order valence-electron chi connectivity index (χ0n) is 11.1. The van der Waals surface area contributed by atoms with Gasteiger partial charge in [-0.15, -0.1) is 0 Å². The van der Waals surface area contributed by atoms with Crippen molar-refractivity contribution in [3.8, 4) is 0 Å². The lowest BCUT2D eigenvalue weighted by atomic mass is 10.1. The summed E-state index contributed by atoms with van der Waals surface area (Å²) < 4.78 is 27.0. The molecule has 1 fully saturated rings. The molecule has 1 aliphatic rings. The second kappa shape index (κ2) is 5.97. The van der Waals surface area contributed by atoms with Crippen molar-refractivity contribution in [3.05, 3.63) is 29.3 Å². The number of thioether (sulfide) groups is 1. The summed E-state index contributed by atoms with van der Waals surface area (Å²) in [5.41, 5.74) is 1.43. The molecule has 1 unspecified atom stereocenters. The number of nitrogens with one attached hydrogen (secondary N) is 2. The molecule has 1 heterocycles. The van der Waals surface area contributed by atoms with Crippen LogP contribution in [0.1, 0.15) is 30.1 Å². The SMILES string of the molecule is CC1(CNC(=O)c2cc(F)c(NN)c(F)c2)CCCS1. The van der Waals surface area contributed by atoms with Gasteiger partial charge in [0.1, 0.15) is 5.69 Å². The van der Waals surface area contributed by atoms with Crippen LogP contribution in [0.5, 0.6) is 0 Å². The molecule has 4 nitrogen and oxygen atoms in total. The zero-order chi connectivity index (χ0) is 14.8. The molecule has 2 rings (SSSR count). The molecule has 1 aromatic rings. The highest BCUT2D eigenvalue weighted by molar-refractivity contribution is 8.00. The Kier molecular flexibility index (Phi) is 4.49. The molecule has 1 amide bonds. The van der Waals surface area contributed by atoms with Crippen molar-refractivity contribution in [2.24, 2.45) is 5.84 Å². The van der Waals surface area contributed by atoms with Crippen molar-refractivity contribution in [2.75, 3.05) is 17.7 Å². The Morgan fingerprint density at radius 2 is 2.10 bits per heavy atom. The largest absolute Gasteiger partial charge is 0.351 e. The zero-order valence-corrected chi connectivity index (χ0v) is 11.9. The average molecular weight is 301 g/mol. The van der Waals surface area contributed by atoms with Crippen molar-refractivity contribution < 1.29 is 13.6 Å². The van der Waals surface area contributed by atoms with E-state index in [1.807, 2.05) is 5.43 Å². The highest BCUT2D eigenvalue weighted by atomic mass is 32.2. The normalized spacial score (nSPS) is 21.8. The van der Waals surface area contributed by atoms with Gasteiger partial charge in [0.25, 0.3) is 5.91 Å². The third-order valence-corrected chi connectivity index (χ3v) is 4.91. The van der Waals surface area contributed by atoms with Crippen LogP contribution >= 0.6 is 11.8 Å². The van der Waals surface area contributed by atoms with Crippen molar-refractivity contribution in [3.63, 3.8) is 0 Å². The molecule has 0 aromatic heterocycles. The summed E-state index contributed by atoms with van der Waals surface area (Å²) >= 11 is 1.80. The van der Waals surface area contributed by atoms with E-state index in [1.54, 1.807) is 11.8 Å². The second-order valence-corrected chi connectivity index (χ2v) is 6.73. The third-order valence-electron chi connectivity index (χ3n) is 3.37. The number of rotatable bonds is 4. The topological polar surface area (TPSA) is 67.2 Å². The monoisotopic (exact) mass is 301 g/mol. The van der Waals surface area contributed by atoms with Crippen LogP contribution in [0.4, 0.5) is 14.5 Å². The van der Waals surface area contributed by atoms with E-state index in [2.05, 4.69) is 12.2 Å². The molecular weight excluding hydrogens is 284 g/mol. The molecule has 1 saturated heterocycles. The number of anilines is 1. The lowest BCUT2D eigenvalue weighted by molar-refractivity contribution is 0.0949. The molecule has 1 aliphatic heterocycles. The Hall–Kier alpha value is -1.34. The van der Waals surface area contributed by atoms with E-state index in [0.29, 0.717) is 6.54 Å². The Bertz CT molecular complexity index is 495. The summed E-state index contributed by atoms with van der Waals surface area (Å²) in [4.78, 5) is 11.9. The molecule has 0 saturated carbocycles. The Balaban J connectivity index is 2.06. The Labute approximate surface area is 120 Å². The minimum Gasteiger partial charge on any atom is -0.351 e. The number of amides is 1. The summed E-state index contributed by atoms with van der Waals surface area (Å²) in [5, 5.41) is 2.73. The van der Waals surface area contributed by atoms with Crippen LogP contribution in [0.2, 0.25) is 0 Å². The molecule has 7 heteroatoms. The van der Waals surface area contributed by atoms with Gasteiger partial charge in [-0.3, -0.25) is 10.6 Å². The van der Waals surface area contributed by atoms with E-state index in [1.165, 1.54) is 0 Å². The highest BCUT2D eigenvalue weighted by Crippen LogP contribution is 2.37. The van der Waals surface area contributed by atoms with E-state index in [-0.39, 0.29) is 10.3 Å². The molecule has 1 aromatic carbocycles. The number of hydrogen-bond donors (Lipinski definition) is 3. The van der Waals surface area contributed by atoms with Gasteiger partial charge in [0.15, 0.2) is 11.6 Å². The quantitative estimate of drug-likeness (QED) is 0.589. The molecular formula is C13H17F2N3OS. The van der Waals surface area contributed by atoms with E-state index in [9.17, 15) is 13.6 Å². The number of halogens is 2. The number of benzene rings is 1. The minimum absolute atomic E-state index is 0.00546. The van der Waals surface area contributed by atoms with E-state index in [4.69, 9.17) is 5.84 Å². The molecule has 20 heavy (non-hydrogen) atoms. The first-order valence-electron chi connectivity index (χ1n) is 6.33. The van der Waals surface area contributed by atoms with Crippen LogP contribution in [-0.2, 0) is 0 Å². The molecule has 1 atom stereocenters. The van der Waals surface area contributed by atoms with Crippen LogP contribution < -0.4 is 16.6 Å². The van der Waals surface area contributed by atoms with E-state index >= 15 is 0 Å². The van der Waals surface area contributed by atoms with Gasteiger partial charge in [-0.2, -0.15) is 11.8 Å². The number of carbonyl (C=O) groups excluding carboxylic acids is 1. The number of carbonyl (C=O) groups is 1. The second-order valence-electron chi connectivity index (χ2n) is 5.04. The first kappa shape index (κ1) is 15.1. The Morgan fingerprint density at radius 3 is 2.60 bits per heavy atom. The van der Waals surface area contributed by atoms with Gasteiger partial charge >= 0.3 is 0 Å². The predicted octanol–water partition coefficient (Wildman–Crippen LogP) is 2.27. The molecule has 0 aliphatic carbocycles. The van der Waals surface area contributed by atoms with Crippen LogP contribution in [0.3, 0.4) is 0 Å². The van der Waals surface area contributed by atoms with Crippen molar-refractivity contribution >= 4 is 23.4 Å². The van der Waals surface area contributed by atoms with Crippen molar-refractivity contribution in [1.29, 1.82) is 0 Å². The van der Waals surface area contributed by atoms with Crippen LogP contribution in [0, 0.1) is 11.6 Å². The van der Waals surface area contributed by atoms with Crippen molar-refractivity contribution in [1.82, 2.24) is 5.32 Å². The molecule has 4 N–H and O–H groups in total. The number of nitrogen functional groups attached to an aromatic ring is 1. The fourth-order valence-electron chi connectivity index (χ4n) is 2.19. The summed E-state index contributed by atoms with van der Waals surface area (Å²) in [7, 11) is 0. The lowest BCUT2D eigenvalue weighted by Crippen LogP contribution is -2.36. The van der Waals surface area contributed by atoms with Gasteiger partial charge in [0.2, 0.25) is 0 Å². The number of hydrogen-bond acceptors (Lipinski definition) is 4. The standard InChI is InChI=1S/C13H17F2N3OS/c1-13(3-2-4-20-13)7-17-12(19)8-5-9(14)11(18-16)10(15)6-8/h5-6,18H,2-4,7,16H2,1H3,(H,17,19). The lowest BCUT2D eigenvalue weighted by Gasteiger charge is -2.22. The van der Waals surface area contributed by atoms with E-state index in [0.717, 1.165) is 30.7 Å². The maximum absolute atomic E-state index is 13.5. The van der Waals surface area contributed by atoms with E-state index < -0.39 is 23.2 Å². The van der Waals surface area contributed by atoms with Gasteiger partial charge in [0.05, 0.1) is 0 Å². The van der Waals surface area contributed by atoms with Gasteiger partial charge < -0.3 is 10.7 Å². The first-order chi connectivity index (χ1) is 9.45. The molecule has 0 bridgehead atoms. The van der Waals surface area contributed by atoms with Gasteiger partial charge in [-0.25, -0.2) is 8.78 Å². The molecule has 0 radical (unpaired) electrons. The smallest absolute Gasteiger partial charge is 0.251 e. The van der Waals surface area contributed by atoms with Gasteiger partial charge in [-0.1, -0.05) is 0 Å². The fraction of sp³-hybridized carbons (Fsp3) is 0.462. The Morgan fingerprint density at radius 1 is 1.45 bits per heavy atom. The summed E-state index contributed by atoms with van der Waals surface area (Å²) in [5.74, 6) is 3.81. The first-order valence-corrected chi connectivity index (χ1v) is 7.31. The maximum Gasteiger partial charge on any atom is 0.251 e. The predicted molar refractivity (Wildman–Crippen MR) is 76.6 cm³/mol. The summed E-state index contributed by atoms with van der Waals surface area (Å²) in [6.07, 6.45) is 2.15. The number of hydrazine groups is 1. The fourth-order valence-corrected chi connectivity index (χ4v) is 3.43. The van der Waals surface area contributed by atoms with Crippen LogP contribution in [0.25, 0.3) is 0 Å². The molecule has 110 valence electrons. The van der Waals surface area contributed by atoms with Crippen LogP contribution in [0.15, 0.2) is 12.1 Å². The van der Waals surface area contributed by atoms with Crippen molar-refractivity contribution in [2.45, 2.75) is 24.5 Å². The van der Waals surface area contributed by atoms with Gasteiger partial charge in [-0.05, 0) is 37.7 Å². The highest BCUT2D eigenvalue weighted by Gasteiger charge is 2.30. The minimum atomic E-state index is -0.890. The average Bonchev–Trinajstić information content (AvgIpc) is 2.83. The third kappa shape index (κ3) is 3.21. The maximum atomic E-state index is 13.5. The molecule has 0 spiro atoms.